The van der Waals surface area contributed by atoms with E-state index in [1.54, 1.807) is 0 Å². The maximum absolute atomic E-state index is 13.7. The van der Waals surface area contributed by atoms with Crippen LogP contribution in [0.15, 0.2) is 59.8 Å². The summed E-state index contributed by atoms with van der Waals surface area (Å²) < 4.78 is 0. The molecule has 0 bridgehead atoms. The highest BCUT2D eigenvalue weighted by Crippen LogP contribution is 2.48. The van der Waals surface area contributed by atoms with E-state index in [-0.39, 0.29) is 23.0 Å². The molecule has 0 fully saturated rings. The van der Waals surface area contributed by atoms with Gasteiger partial charge in [0.05, 0.1) is 17.4 Å². The van der Waals surface area contributed by atoms with Crippen LogP contribution in [-0.2, 0) is 9.59 Å². The number of nitrogens with one attached hydrogen (secondary N) is 1. The fourth-order valence-corrected chi connectivity index (χ4v) is 5.28. The Kier molecular flexibility index (Phi) is 6.57. The van der Waals surface area contributed by atoms with Crippen LogP contribution in [0.4, 0.5) is 17.1 Å². The Balaban J connectivity index is 1.95. The van der Waals surface area contributed by atoms with Crippen LogP contribution in [0.2, 0.25) is 0 Å². The average molecular weight is 460 g/mol. The Bertz CT molecular complexity index is 1110. The van der Waals surface area contributed by atoms with Crippen molar-refractivity contribution in [2.24, 2.45) is 11.3 Å². The Morgan fingerprint density at radius 2 is 1.71 bits per heavy atom. The van der Waals surface area contributed by atoms with Crippen LogP contribution in [-0.4, -0.2) is 24.8 Å². The van der Waals surface area contributed by atoms with Crippen LogP contribution >= 0.6 is 0 Å². The quantitative estimate of drug-likeness (QED) is 0.567. The van der Waals surface area contributed by atoms with Gasteiger partial charge in [-0.15, -0.1) is 0 Å². The second-order valence-electron chi connectivity index (χ2n) is 10.5. The monoisotopic (exact) mass is 459 g/mol. The molecule has 1 heterocycles. The minimum atomic E-state index is -0.463. The fraction of sp³-hybridized carbons (Fsp3) is 0.448. The highest BCUT2D eigenvalue weighted by atomic mass is 16.2. The van der Waals surface area contributed by atoms with Crippen molar-refractivity contribution in [3.63, 3.8) is 0 Å². The second kappa shape index (κ2) is 9.28. The summed E-state index contributed by atoms with van der Waals surface area (Å²) in [6.07, 6.45) is 1.24. The first-order valence-corrected chi connectivity index (χ1v) is 12.5. The van der Waals surface area contributed by atoms with Crippen molar-refractivity contribution in [3.8, 4) is 0 Å². The molecule has 180 valence electrons. The van der Waals surface area contributed by atoms with Crippen LogP contribution < -0.4 is 15.1 Å². The van der Waals surface area contributed by atoms with Gasteiger partial charge in [0.25, 0.3) is 0 Å². The summed E-state index contributed by atoms with van der Waals surface area (Å²) in [6, 6.07) is 15.8. The summed E-state index contributed by atoms with van der Waals surface area (Å²) in [5, 5.41) is 3.58. The molecule has 1 aliphatic heterocycles. The first kappa shape index (κ1) is 24.1. The van der Waals surface area contributed by atoms with Gasteiger partial charge in [0, 0.05) is 42.4 Å². The van der Waals surface area contributed by atoms with Crippen molar-refractivity contribution in [2.75, 3.05) is 28.2 Å². The largest absolute Gasteiger partial charge is 0.372 e. The van der Waals surface area contributed by atoms with Crippen LogP contribution in [0.5, 0.6) is 0 Å². The number of carbonyl (C=O) groups is 2. The summed E-state index contributed by atoms with van der Waals surface area (Å²) in [4.78, 5) is 31.6. The van der Waals surface area contributed by atoms with Crippen molar-refractivity contribution in [3.05, 3.63) is 65.4 Å². The number of anilines is 3. The van der Waals surface area contributed by atoms with Gasteiger partial charge in [0.2, 0.25) is 5.91 Å². The molecule has 1 atom stereocenters. The molecule has 34 heavy (non-hydrogen) atoms. The minimum Gasteiger partial charge on any atom is -0.372 e. The van der Waals surface area contributed by atoms with E-state index in [2.05, 4.69) is 62.2 Å². The van der Waals surface area contributed by atoms with Gasteiger partial charge in [-0.2, -0.15) is 0 Å². The Morgan fingerprint density at radius 1 is 1.06 bits per heavy atom. The fourth-order valence-electron chi connectivity index (χ4n) is 5.28. The number of Topliss-reactive ketones (excluding diaryl/α,β-unsaturated/α-hetero) is 1. The summed E-state index contributed by atoms with van der Waals surface area (Å²) in [5.74, 6) is -0.0767. The lowest BCUT2D eigenvalue weighted by atomic mass is 9.73. The Hall–Kier alpha value is -3.08. The number of benzene rings is 2. The topological polar surface area (TPSA) is 52.7 Å². The SMILES string of the molecule is CCN(CC)c1ccc([C@H]2C3=C(CC(C)(C)CC3=O)Nc3ccccc3N2C(=O)C(C)C)cc1. The van der Waals surface area contributed by atoms with E-state index in [1.165, 1.54) is 0 Å². The third kappa shape index (κ3) is 4.36. The van der Waals surface area contributed by atoms with Crippen LogP contribution in [0.1, 0.15) is 66.0 Å². The molecule has 0 saturated carbocycles. The first-order valence-electron chi connectivity index (χ1n) is 12.5. The molecular weight excluding hydrogens is 422 g/mol. The van der Waals surface area contributed by atoms with E-state index in [1.807, 2.05) is 43.0 Å². The summed E-state index contributed by atoms with van der Waals surface area (Å²) in [6.45, 7) is 14.3. The van der Waals surface area contributed by atoms with Gasteiger partial charge in [-0.1, -0.05) is 52.0 Å². The molecule has 5 nitrogen and oxygen atoms in total. The number of amides is 1. The van der Waals surface area contributed by atoms with Gasteiger partial charge in [0.15, 0.2) is 5.78 Å². The van der Waals surface area contributed by atoms with E-state index in [9.17, 15) is 9.59 Å². The standard InChI is InChI=1S/C29H37N3O2/c1-7-31(8-2)21-15-13-20(14-16-21)27-26-23(17-29(5,6)18-25(26)33)30-22-11-9-10-12-24(22)32(27)28(34)19(3)4/h9-16,19,27,30H,7-8,17-18H2,1-6H3/t27-/m0/s1. The molecule has 2 aromatic carbocycles. The van der Waals surface area contributed by atoms with Crippen molar-refractivity contribution in [1.82, 2.24) is 0 Å². The Morgan fingerprint density at radius 3 is 2.32 bits per heavy atom. The zero-order valence-electron chi connectivity index (χ0n) is 21.3. The molecule has 0 spiro atoms. The predicted octanol–water partition coefficient (Wildman–Crippen LogP) is 6.33. The number of ketones is 1. The molecule has 0 radical (unpaired) electrons. The molecule has 2 aromatic rings. The highest BCUT2D eigenvalue weighted by molar-refractivity contribution is 6.06. The molecule has 0 unspecified atom stereocenters. The molecule has 2 aliphatic rings. The zero-order chi connectivity index (χ0) is 24.6. The number of fused-ring (bicyclic) bond motifs is 1. The lowest BCUT2D eigenvalue weighted by molar-refractivity contribution is -0.122. The zero-order valence-corrected chi connectivity index (χ0v) is 21.3. The third-order valence-electron chi connectivity index (χ3n) is 6.97. The van der Waals surface area contributed by atoms with Gasteiger partial charge in [-0.25, -0.2) is 0 Å². The van der Waals surface area contributed by atoms with Crippen molar-refractivity contribution in [1.29, 1.82) is 0 Å². The number of allylic oxidation sites excluding steroid dienone is 1. The van der Waals surface area contributed by atoms with Gasteiger partial charge < -0.3 is 10.2 Å². The van der Waals surface area contributed by atoms with E-state index < -0.39 is 6.04 Å². The van der Waals surface area contributed by atoms with Crippen molar-refractivity contribution >= 4 is 28.8 Å². The van der Waals surface area contributed by atoms with E-state index >= 15 is 0 Å². The summed E-state index contributed by atoms with van der Waals surface area (Å²) in [7, 11) is 0. The van der Waals surface area contributed by atoms with Crippen LogP contribution in [0, 0.1) is 11.3 Å². The van der Waals surface area contributed by atoms with Gasteiger partial charge in [-0.3, -0.25) is 14.5 Å². The number of carbonyl (C=O) groups excluding carboxylic acids is 2. The maximum Gasteiger partial charge on any atom is 0.230 e. The van der Waals surface area contributed by atoms with Crippen LogP contribution in [0.3, 0.4) is 0 Å². The Labute approximate surface area is 203 Å². The van der Waals surface area contributed by atoms with Gasteiger partial charge >= 0.3 is 0 Å². The number of hydrogen-bond donors (Lipinski definition) is 1. The second-order valence-corrected chi connectivity index (χ2v) is 10.5. The van der Waals surface area contributed by atoms with Gasteiger partial charge in [0.1, 0.15) is 0 Å². The summed E-state index contributed by atoms with van der Waals surface area (Å²) >= 11 is 0. The lowest BCUT2D eigenvalue weighted by Crippen LogP contribution is -2.41. The molecule has 1 aliphatic carbocycles. The first-order chi connectivity index (χ1) is 16.2. The smallest absolute Gasteiger partial charge is 0.230 e. The number of nitrogens with zero attached hydrogens (tertiary/aromatic N) is 2. The minimum absolute atomic E-state index is 0.0125. The molecule has 5 heteroatoms. The normalized spacial score (nSPS) is 19.3. The molecule has 1 N–H and O–H groups in total. The number of hydrogen-bond acceptors (Lipinski definition) is 4. The number of rotatable bonds is 5. The predicted molar refractivity (Wildman–Crippen MR) is 140 cm³/mol. The lowest BCUT2D eigenvalue weighted by Gasteiger charge is -2.38. The molecule has 0 aromatic heterocycles. The van der Waals surface area contributed by atoms with E-state index in [0.29, 0.717) is 6.42 Å². The van der Waals surface area contributed by atoms with E-state index in [4.69, 9.17) is 0 Å². The molecule has 1 amide bonds. The van der Waals surface area contributed by atoms with Crippen LogP contribution in [0.25, 0.3) is 0 Å². The van der Waals surface area contributed by atoms with Crippen molar-refractivity contribution in [2.45, 2.75) is 60.4 Å². The molecular formula is C29H37N3O2. The molecule has 4 rings (SSSR count). The summed E-state index contributed by atoms with van der Waals surface area (Å²) in [5.41, 5.74) is 5.32. The molecule has 0 saturated heterocycles. The number of para-hydroxylation sites is 2. The van der Waals surface area contributed by atoms with Crippen molar-refractivity contribution < 1.29 is 9.59 Å². The maximum atomic E-state index is 13.7. The van der Waals surface area contributed by atoms with E-state index in [0.717, 1.165) is 53.4 Å². The average Bonchev–Trinajstić information content (AvgIpc) is 2.93. The highest BCUT2D eigenvalue weighted by Gasteiger charge is 2.43. The third-order valence-corrected chi connectivity index (χ3v) is 6.97. The van der Waals surface area contributed by atoms with Gasteiger partial charge in [-0.05, 0) is 55.5 Å².